The second-order valence-electron chi connectivity index (χ2n) is 6.69. The first-order valence-corrected chi connectivity index (χ1v) is 9.36. The van der Waals surface area contributed by atoms with Crippen LogP contribution < -0.4 is 5.32 Å². The smallest absolute Gasteiger partial charge is 0.150 e. The van der Waals surface area contributed by atoms with Gasteiger partial charge >= 0.3 is 0 Å². The molecule has 1 heterocycles. The van der Waals surface area contributed by atoms with Crippen LogP contribution >= 0.6 is 0 Å². The third kappa shape index (κ3) is 2.46. The molecule has 0 aromatic carbocycles. The Kier molecular flexibility index (Phi) is 3.43. The predicted molar refractivity (Wildman–Crippen MR) is 73.3 cm³/mol. The molecule has 2 aliphatic carbocycles. The van der Waals surface area contributed by atoms with Gasteiger partial charge in [0.15, 0.2) is 9.84 Å². The maximum absolute atomic E-state index is 11.4. The number of hydrogen-bond acceptors (Lipinski definition) is 3. The van der Waals surface area contributed by atoms with E-state index in [1.54, 1.807) is 0 Å². The monoisotopic (exact) mass is 271 g/mol. The standard InChI is InChI=1S/C14H25NO2S/c16-18(17)9-5-12(11-18)10-15-13-4-8-14(13)6-2-1-3-7-14/h12-13,15H,1-11H2. The molecule has 1 N–H and O–H groups in total. The van der Waals surface area contributed by atoms with Crippen LogP contribution in [0, 0.1) is 11.3 Å². The predicted octanol–water partition coefficient (Wildman–Crippen LogP) is 2.12. The van der Waals surface area contributed by atoms with E-state index in [1.807, 2.05) is 0 Å². The fraction of sp³-hybridized carbons (Fsp3) is 1.00. The lowest BCUT2D eigenvalue weighted by Crippen LogP contribution is -2.55. The second-order valence-corrected chi connectivity index (χ2v) is 8.92. The zero-order chi connectivity index (χ0) is 12.6. The molecule has 0 aromatic heterocycles. The van der Waals surface area contributed by atoms with E-state index in [4.69, 9.17) is 0 Å². The van der Waals surface area contributed by atoms with Crippen LogP contribution in [0.5, 0.6) is 0 Å². The molecular formula is C14H25NO2S. The van der Waals surface area contributed by atoms with E-state index in [9.17, 15) is 8.42 Å². The summed E-state index contributed by atoms with van der Waals surface area (Å²) in [5.41, 5.74) is 0.593. The van der Waals surface area contributed by atoms with E-state index in [0.29, 0.717) is 28.9 Å². The van der Waals surface area contributed by atoms with Crippen molar-refractivity contribution < 1.29 is 8.42 Å². The Morgan fingerprint density at radius 3 is 2.39 bits per heavy atom. The molecule has 1 saturated heterocycles. The van der Waals surface area contributed by atoms with Gasteiger partial charge in [0.05, 0.1) is 11.5 Å². The number of nitrogens with one attached hydrogen (secondary N) is 1. The van der Waals surface area contributed by atoms with Crippen molar-refractivity contribution in [1.29, 1.82) is 0 Å². The van der Waals surface area contributed by atoms with Gasteiger partial charge in [-0.3, -0.25) is 0 Å². The van der Waals surface area contributed by atoms with Crippen LogP contribution in [0.25, 0.3) is 0 Å². The second kappa shape index (κ2) is 4.78. The first-order chi connectivity index (χ1) is 8.60. The summed E-state index contributed by atoms with van der Waals surface area (Å²) in [6.07, 6.45) is 10.6. The summed E-state index contributed by atoms with van der Waals surface area (Å²) in [4.78, 5) is 0. The molecule has 1 spiro atoms. The Morgan fingerprint density at radius 1 is 1.06 bits per heavy atom. The molecule has 1 aliphatic heterocycles. The van der Waals surface area contributed by atoms with E-state index in [2.05, 4.69) is 5.32 Å². The largest absolute Gasteiger partial charge is 0.313 e. The van der Waals surface area contributed by atoms with Crippen molar-refractivity contribution in [3.8, 4) is 0 Å². The Labute approximate surface area is 111 Å². The summed E-state index contributed by atoms with van der Waals surface area (Å²) in [6.45, 7) is 0.922. The van der Waals surface area contributed by atoms with Crippen molar-refractivity contribution in [1.82, 2.24) is 5.32 Å². The molecule has 2 saturated carbocycles. The van der Waals surface area contributed by atoms with Crippen molar-refractivity contribution in [2.24, 2.45) is 11.3 Å². The minimum absolute atomic E-state index is 0.372. The minimum atomic E-state index is -2.71. The van der Waals surface area contributed by atoms with Gasteiger partial charge in [-0.25, -0.2) is 8.42 Å². The van der Waals surface area contributed by atoms with Gasteiger partial charge in [0.2, 0.25) is 0 Å². The molecule has 3 aliphatic rings. The van der Waals surface area contributed by atoms with Gasteiger partial charge in [0.25, 0.3) is 0 Å². The molecule has 0 aromatic rings. The molecule has 4 heteroatoms. The lowest BCUT2D eigenvalue weighted by Gasteiger charge is -2.53. The highest BCUT2D eigenvalue weighted by Gasteiger charge is 2.46. The van der Waals surface area contributed by atoms with Gasteiger partial charge in [0, 0.05) is 6.04 Å². The molecule has 2 unspecified atom stereocenters. The first-order valence-electron chi connectivity index (χ1n) is 7.54. The highest BCUT2D eigenvalue weighted by atomic mass is 32.2. The van der Waals surface area contributed by atoms with Crippen LogP contribution in [-0.4, -0.2) is 32.5 Å². The quantitative estimate of drug-likeness (QED) is 0.855. The Hall–Kier alpha value is -0.0900. The third-order valence-electron chi connectivity index (χ3n) is 5.50. The zero-order valence-corrected chi connectivity index (χ0v) is 12.0. The number of hydrogen-bond donors (Lipinski definition) is 1. The van der Waals surface area contributed by atoms with Crippen molar-refractivity contribution in [2.75, 3.05) is 18.1 Å². The maximum Gasteiger partial charge on any atom is 0.150 e. The summed E-state index contributed by atoms with van der Waals surface area (Å²) in [5, 5.41) is 3.69. The molecule has 18 heavy (non-hydrogen) atoms. The highest BCUT2D eigenvalue weighted by Crippen LogP contribution is 2.51. The summed E-state index contributed by atoms with van der Waals surface area (Å²) in [7, 11) is -2.71. The van der Waals surface area contributed by atoms with Crippen LogP contribution in [-0.2, 0) is 9.84 Å². The van der Waals surface area contributed by atoms with E-state index >= 15 is 0 Å². The fourth-order valence-corrected chi connectivity index (χ4v) is 6.07. The Morgan fingerprint density at radius 2 is 1.83 bits per heavy atom. The van der Waals surface area contributed by atoms with Crippen LogP contribution in [0.3, 0.4) is 0 Å². The molecule has 3 nitrogen and oxygen atoms in total. The van der Waals surface area contributed by atoms with E-state index in [-0.39, 0.29) is 0 Å². The van der Waals surface area contributed by atoms with Gasteiger partial charge < -0.3 is 5.32 Å². The molecule has 2 atom stereocenters. The highest BCUT2D eigenvalue weighted by molar-refractivity contribution is 7.91. The normalized spacial score (nSPS) is 37.6. The first kappa shape index (κ1) is 12.9. The summed E-state index contributed by atoms with van der Waals surface area (Å²) < 4.78 is 22.9. The van der Waals surface area contributed by atoms with Crippen molar-refractivity contribution >= 4 is 9.84 Å². The number of rotatable bonds is 3. The molecule has 3 fully saturated rings. The summed E-state index contributed by atoms with van der Waals surface area (Å²) >= 11 is 0. The van der Waals surface area contributed by atoms with E-state index in [0.717, 1.165) is 13.0 Å². The molecule has 104 valence electrons. The van der Waals surface area contributed by atoms with Crippen molar-refractivity contribution in [3.63, 3.8) is 0 Å². The van der Waals surface area contributed by atoms with Crippen molar-refractivity contribution in [3.05, 3.63) is 0 Å². The number of sulfone groups is 1. The van der Waals surface area contributed by atoms with Gasteiger partial charge in [-0.1, -0.05) is 19.3 Å². The molecular weight excluding hydrogens is 246 g/mol. The molecule has 0 amide bonds. The van der Waals surface area contributed by atoms with Crippen LogP contribution in [0.4, 0.5) is 0 Å². The summed E-state index contributed by atoms with van der Waals surface area (Å²) in [5.74, 6) is 1.20. The lowest BCUT2D eigenvalue weighted by molar-refractivity contribution is 0.0216. The maximum atomic E-state index is 11.4. The van der Waals surface area contributed by atoms with Crippen LogP contribution in [0.1, 0.15) is 51.4 Å². The minimum Gasteiger partial charge on any atom is -0.313 e. The van der Waals surface area contributed by atoms with Gasteiger partial charge in [-0.2, -0.15) is 0 Å². The van der Waals surface area contributed by atoms with E-state index in [1.165, 1.54) is 44.9 Å². The SMILES string of the molecule is O=S1(=O)CCC(CNC2CCC23CCCCC3)C1. The Bertz CT molecular complexity index is 398. The zero-order valence-electron chi connectivity index (χ0n) is 11.2. The van der Waals surface area contributed by atoms with Gasteiger partial charge in [-0.15, -0.1) is 0 Å². The summed E-state index contributed by atoms with van der Waals surface area (Å²) in [6, 6.07) is 0.682. The molecule has 3 rings (SSSR count). The molecule has 0 bridgehead atoms. The topological polar surface area (TPSA) is 46.2 Å². The lowest BCUT2D eigenvalue weighted by atomic mass is 9.57. The molecule has 0 radical (unpaired) electrons. The van der Waals surface area contributed by atoms with Crippen LogP contribution in [0.15, 0.2) is 0 Å². The van der Waals surface area contributed by atoms with Crippen molar-refractivity contribution in [2.45, 2.75) is 57.4 Å². The fourth-order valence-electron chi connectivity index (χ4n) is 4.21. The van der Waals surface area contributed by atoms with E-state index < -0.39 is 9.84 Å². The van der Waals surface area contributed by atoms with Gasteiger partial charge in [-0.05, 0) is 50.0 Å². The Balaban J connectivity index is 1.49. The van der Waals surface area contributed by atoms with Gasteiger partial charge in [0.1, 0.15) is 0 Å². The average molecular weight is 271 g/mol. The average Bonchev–Trinajstić information content (AvgIpc) is 2.69. The third-order valence-corrected chi connectivity index (χ3v) is 7.34. The van der Waals surface area contributed by atoms with Crippen LogP contribution in [0.2, 0.25) is 0 Å².